The molecule has 0 radical (unpaired) electrons. The summed E-state index contributed by atoms with van der Waals surface area (Å²) in [6.45, 7) is 3.61. The highest BCUT2D eigenvalue weighted by Crippen LogP contribution is 2.18. The number of halogens is 3. The summed E-state index contributed by atoms with van der Waals surface area (Å²) in [5, 5.41) is 0. The first-order valence-corrected chi connectivity index (χ1v) is 4.95. The van der Waals surface area contributed by atoms with Gasteiger partial charge in [0.25, 0.3) is 0 Å². The average molecular weight is 212 g/mol. The van der Waals surface area contributed by atoms with E-state index >= 15 is 0 Å². The van der Waals surface area contributed by atoms with Crippen LogP contribution >= 0.6 is 0 Å². The summed E-state index contributed by atoms with van der Waals surface area (Å²) < 4.78 is 36.5. The summed E-state index contributed by atoms with van der Waals surface area (Å²) in [6, 6.07) is -0.156. The van der Waals surface area contributed by atoms with Gasteiger partial charge >= 0.3 is 6.18 Å². The molecule has 0 spiro atoms. The van der Waals surface area contributed by atoms with Gasteiger partial charge < -0.3 is 5.73 Å². The lowest BCUT2D eigenvalue weighted by atomic mass is 10.2. The monoisotopic (exact) mass is 212 g/mol. The maximum Gasteiger partial charge on any atom is 0.401 e. The van der Waals surface area contributed by atoms with Crippen molar-refractivity contribution in [1.29, 1.82) is 0 Å². The second-order valence-corrected chi connectivity index (χ2v) is 3.38. The van der Waals surface area contributed by atoms with Crippen LogP contribution in [0, 0.1) is 0 Å². The molecule has 0 saturated heterocycles. The Labute approximate surface area is 83.3 Å². The molecule has 0 fully saturated rings. The van der Waals surface area contributed by atoms with Gasteiger partial charge in [-0.1, -0.05) is 13.8 Å². The number of nitrogens with zero attached hydrogens (tertiary/aromatic N) is 1. The zero-order chi connectivity index (χ0) is 11.2. The molecule has 0 aromatic rings. The molecule has 0 aliphatic rings. The van der Waals surface area contributed by atoms with Gasteiger partial charge in [-0.2, -0.15) is 13.2 Å². The standard InChI is InChI=1S/C9H19F3N2/c1-3-5-14(7-9(10,11)12)8(4-2)6-13/h8H,3-7,13H2,1-2H3. The van der Waals surface area contributed by atoms with Gasteiger partial charge in [0, 0.05) is 12.6 Å². The van der Waals surface area contributed by atoms with E-state index in [1.807, 2.05) is 13.8 Å². The fraction of sp³-hybridized carbons (Fsp3) is 1.00. The van der Waals surface area contributed by atoms with E-state index in [4.69, 9.17) is 5.73 Å². The van der Waals surface area contributed by atoms with Gasteiger partial charge in [0.05, 0.1) is 6.54 Å². The van der Waals surface area contributed by atoms with Gasteiger partial charge in [-0.15, -0.1) is 0 Å². The van der Waals surface area contributed by atoms with Crippen molar-refractivity contribution in [2.45, 2.75) is 38.9 Å². The Morgan fingerprint density at radius 1 is 1.29 bits per heavy atom. The molecule has 0 heterocycles. The predicted molar refractivity (Wildman–Crippen MR) is 51.1 cm³/mol. The third-order valence-corrected chi connectivity index (χ3v) is 2.15. The molecule has 1 atom stereocenters. The minimum atomic E-state index is -4.13. The zero-order valence-corrected chi connectivity index (χ0v) is 8.77. The molecular weight excluding hydrogens is 193 g/mol. The summed E-state index contributed by atoms with van der Waals surface area (Å²) in [4.78, 5) is 1.42. The molecule has 1 unspecified atom stereocenters. The minimum Gasteiger partial charge on any atom is -0.329 e. The van der Waals surface area contributed by atoms with Crippen molar-refractivity contribution in [2.75, 3.05) is 19.6 Å². The molecule has 0 aromatic carbocycles. The molecule has 0 amide bonds. The smallest absolute Gasteiger partial charge is 0.329 e. The summed E-state index contributed by atoms with van der Waals surface area (Å²) in [7, 11) is 0. The Bertz CT molecular complexity index is 143. The molecule has 5 heteroatoms. The number of hydrogen-bond acceptors (Lipinski definition) is 2. The van der Waals surface area contributed by atoms with E-state index in [1.54, 1.807) is 0 Å². The average Bonchev–Trinajstić information content (AvgIpc) is 2.04. The van der Waals surface area contributed by atoms with E-state index in [2.05, 4.69) is 0 Å². The van der Waals surface area contributed by atoms with Crippen LogP contribution < -0.4 is 5.73 Å². The Morgan fingerprint density at radius 3 is 2.14 bits per heavy atom. The van der Waals surface area contributed by atoms with Crippen molar-refractivity contribution in [2.24, 2.45) is 5.73 Å². The molecule has 0 saturated carbocycles. The van der Waals surface area contributed by atoms with Crippen LogP contribution in [0.5, 0.6) is 0 Å². The van der Waals surface area contributed by atoms with Crippen molar-refractivity contribution < 1.29 is 13.2 Å². The Hall–Kier alpha value is -0.290. The molecule has 2 N–H and O–H groups in total. The lowest BCUT2D eigenvalue weighted by Crippen LogP contribution is -2.45. The summed E-state index contributed by atoms with van der Waals surface area (Å²) in [5.74, 6) is 0. The molecule has 0 aliphatic heterocycles. The molecular formula is C9H19F3N2. The third-order valence-electron chi connectivity index (χ3n) is 2.15. The second-order valence-electron chi connectivity index (χ2n) is 3.38. The normalized spacial score (nSPS) is 14.8. The molecule has 0 bridgehead atoms. The maximum atomic E-state index is 12.2. The van der Waals surface area contributed by atoms with E-state index in [0.717, 1.165) is 0 Å². The number of rotatable bonds is 6. The van der Waals surface area contributed by atoms with Gasteiger partial charge in [-0.3, -0.25) is 4.90 Å². The van der Waals surface area contributed by atoms with Crippen LogP contribution in [0.15, 0.2) is 0 Å². The van der Waals surface area contributed by atoms with Crippen LogP contribution in [-0.4, -0.2) is 36.8 Å². The van der Waals surface area contributed by atoms with Gasteiger partial charge in [0.1, 0.15) is 0 Å². The largest absolute Gasteiger partial charge is 0.401 e. The Kier molecular flexibility index (Phi) is 6.11. The summed E-state index contributed by atoms with van der Waals surface area (Å²) in [6.07, 6.45) is -2.75. The van der Waals surface area contributed by atoms with Crippen molar-refractivity contribution in [3.63, 3.8) is 0 Å². The first-order chi connectivity index (χ1) is 6.44. The van der Waals surface area contributed by atoms with Gasteiger partial charge in [-0.05, 0) is 19.4 Å². The van der Waals surface area contributed by atoms with Crippen molar-refractivity contribution in [1.82, 2.24) is 4.90 Å². The highest BCUT2D eigenvalue weighted by atomic mass is 19.4. The van der Waals surface area contributed by atoms with Crippen LogP contribution in [-0.2, 0) is 0 Å². The highest BCUT2D eigenvalue weighted by molar-refractivity contribution is 4.73. The zero-order valence-electron chi connectivity index (χ0n) is 8.77. The van der Waals surface area contributed by atoms with Crippen molar-refractivity contribution >= 4 is 0 Å². The van der Waals surface area contributed by atoms with E-state index in [1.165, 1.54) is 4.90 Å². The number of alkyl halides is 3. The number of hydrogen-bond donors (Lipinski definition) is 1. The third kappa shape index (κ3) is 5.44. The fourth-order valence-corrected chi connectivity index (χ4v) is 1.48. The Morgan fingerprint density at radius 2 is 1.86 bits per heavy atom. The minimum absolute atomic E-state index is 0.156. The first-order valence-electron chi connectivity index (χ1n) is 4.95. The van der Waals surface area contributed by atoms with Crippen LogP contribution in [0.2, 0.25) is 0 Å². The van der Waals surface area contributed by atoms with E-state index in [0.29, 0.717) is 19.4 Å². The summed E-state index contributed by atoms with van der Waals surface area (Å²) >= 11 is 0. The second kappa shape index (κ2) is 6.24. The maximum absolute atomic E-state index is 12.2. The molecule has 14 heavy (non-hydrogen) atoms. The molecule has 86 valence electrons. The van der Waals surface area contributed by atoms with Crippen LogP contribution in [0.4, 0.5) is 13.2 Å². The lowest BCUT2D eigenvalue weighted by Gasteiger charge is -2.30. The van der Waals surface area contributed by atoms with E-state index < -0.39 is 12.7 Å². The van der Waals surface area contributed by atoms with Crippen LogP contribution in [0.3, 0.4) is 0 Å². The van der Waals surface area contributed by atoms with Gasteiger partial charge in [0.15, 0.2) is 0 Å². The molecule has 0 aliphatic carbocycles. The molecule has 2 nitrogen and oxygen atoms in total. The SMILES string of the molecule is CCCN(CC(F)(F)F)C(CC)CN. The van der Waals surface area contributed by atoms with E-state index in [9.17, 15) is 13.2 Å². The van der Waals surface area contributed by atoms with Gasteiger partial charge in [0.2, 0.25) is 0 Å². The fourth-order valence-electron chi connectivity index (χ4n) is 1.48. The summed E-state index contributed by atoms with van der Waals surface area (Å²) in [5.41, 5.74) is 5.42. The lowest BCUT2D eigenvalue weighted by molar-refractivity contribution is -0.150. The van der Waals surface area contributed by atoms with Crippen LogP contribution in [0.25, 0.3) is 0 Å². The van der Waals surface area contributed by atoms with Gasteiger partial charge in [-0.25, -0.2) is 0 Å². The van der Waals surface area contributed by atoms with Crippen molar-refractivity contribution in [3.05, 3.63) is 0 Å². The van der Waals surface area contributed by atoms with Crippen LogP contribution in [0.1, 0.15) is 26.7 Å². The topological polar surface area (TPSA) is 29.3 Å². The molecule has 0 rings (SSSR count). The first kappa shape index (κ1) is 13.7. The predicted octanol–water partition coefficient (Wildman–Crippen LogP) is 2.00. The number of nitrogens with two attached hydrogens (primary N) is 1. The molecule has 0 aromatic heterocycles. The van der Waals surface area contributed by atoms with Crippen molar-refractivity contribution in [3.8, 4) is 0 Å². The Balaban J connectivity index is 4.26. The van der Waals surface area contributed by atoms with E-state index in [-0.39, 0.29) is 12.6 Å². The highest BCUT2D eigenvalue weighted by Gasteiger charge is 2.32. The quantitative estimate of drug-likeness (QED) is 0.729.